The Hall–Kier alpha value is -3.58. The topological polar surface area (TPSA) is 70.7 Å². The van der Waals surface area contributed by atoms with E-state index in [1.165, 1.54) is 0 Å². The molecule has 166 valence electrons. The first-order valence-electron chi connectivity index (χ1n) is 11.2. The van der Waals surface area contributed by atoms with E-state index in [1.54, 1.807) is 16.2 Å². The lowest BCUT2D eigenvalue weighted by molar-refractivity contribution is 0.0934. The monoisotopic (exact) mass is 457 g/mol. The van der Waals surface area contributed by atoms with Gasteiger partial charge in [-0.3, -0.25) is 4.79 Å². The molecule has 0 fully saturated rings. The average molecular weight is 458 g/mol. The lowest BCUT2D eigenvalue weighted by Gasteiger charge is -2.29. The van der Waals surface area contributed by atoms with E-state index in [2.05, 4.69) is 41.0 Å². The summed E-state index contributed by atoms with van der Waals surface area (Å²) in [7, 11) is 0. The van der Waals surface area contributed by atoms with Gasteiger partial charge in [0, 0.05) is 17.0 Å². The molecule has 0 saturated carbocycles. The molecule has 0 unspecified atom stereocenters. The van der Waals surface area contributed by atoms with Gasteiger partial charge in [0.25, 0.3) is 5.91 Å². The van der Waals surface area contributed by atoms with Gasteiger partial charge in [0.1, 0.15) is 11.2 Å². The third-order valence-corrected chi connectivity index (χ3v) is 7.61. The quantitative estimate of drug-likeness (QED) is 0.394. The maximum Gasteiger partial charge on any atom is 0.410 e. The molecular formula is C26H23N3O3S. The number of nitrogens with zero attached hydrogens (tertiary/aromatic N) is 1. The second kappa shape index (κ2) is 7.78. The van der Waals surface area contributed by atoms with Crippen molar-refractivity contribution < 1.29 is 14.3 Å². The molecule has 6 nitrogen and oxygen atoms in total. The fourth-order valence-electron chi connectivity index (χ4n) is 4.99. The number of fused-ring (bicyclic) bond motifs is 5. The van der Waals surface area contributed by atoms with Crippen LogP contribution < -0.4 is 10.6 Å². The molecule has 0 aliphatic carbocycles. The molecule has 3 aromatic carbocycles. The van der Waals surface area contributed by atoms with Gasteiger partial charge < -0.3 is 20.3 Å². The predicted octanol–water partition coefficient (Wildman–Crippen LogP) is 5.42. The Kier molecular flexibility index (Phi) is 4.73. The molecule has 33 heavy (non-hydrogen) atoms. The van der Waals surface area contributed by atoms with E-state index in [9.17, 15) is 9.59 Å². The van der Waals surface area contributed by atoms with Gasteiger partial charge in [0.15, 0.2) is 0 Å². The molecule has 4 aromatic rings. The highest BCUT2D eigenvalue weighted by Crippen LogP contribution is 2.42. The van der Waals surface area contributed by atoms with Crippen LogP contribution in [0.2, 0.25) is 0 Å². The first-order chi connectivity index (χ1) is 16.1. The highest BCUT2D eigenvalue weighted by atomic mass is 32.1. The summed E-state index contributed by atoms with van der Waals surface area (Å²) in [6.45, 7) is 3.19. The van der Waals surface area contributed by atoms with Crippen LogP contribution >= 0.6 is 11.3 Å². The zero-order valence-electron chi connectivity index (χ0n) is 18.2. The zero-order valence-corrected chi connectivity index (χ0v) is 19.0. The summed E-state index contributed by atoms with van der Waals surface area (Å²) < 4.78 is 5.17. The number of hydrogen-bond donors (Lipinski definition) is 2. The largest absolute Gasteiger partial charge is 0.450 e. The third kappa shape index (κ3) is 3.23. The lowest BCUT2D eigenvalue weighted by Crippen LogP contribution is -2.39. The number of rotatable bonds is 2. The minimum atomic E-state index is -0.345. The molecule has 0 radical (unpaired) electrons. The number of carbonyl (C=O) groups is 2. The first-order valence-corrected chi connectivity index (χ1v) is 12.0. The highest BCUT2D eigenvalue weighted by Gasteiger charge is 2.35. The van der Waals surface area contributed by atoms with Gasteiger partial charge in [-0.2, -0.15) is 0 Å². The van der Waals surface area contributed by atoms with Crippen LogP contribution in [0, 0.1) is 0 Å². The molecule has 0 bridgehead atoms. The van der Waals surface area contributed by atoms with E-state index in [4.69, 9.17) is 4.74 Å². The molecule has 0 spiro atoms. The van der Waals surface area contributed by atoms with Crippen molar-refractivity contribution in [3.8, 4) is 0 Å². The fraction of sp³-hybridized carbons (Fsp3) is 0.231. The van der Waals surface area contributed by atoms with Crippen LogP contribution in [0.5, 0.6) is 0 Å². The van der Waals surface area contributed by atoms with Gasteiger partial charge in [0.05, 0.1) is 18.7 Å². The van der Waals surface area contributed by atoms with E-state index in [0.717, 1.165) is 48.1 Å². The van der Waals surface area contributed by atoms with Crippen LogP contribution in [0.25, 0.3) is 21.5 Å². The fourth-order valence-corrected chi connectivity index (χ4v) is 6.28. The Morgan fingerprint density at radius 3 is 2.48 bits per heavy atom. The molecule has 1 atom stereocenters. The number of anilines is 1. The Morgan fingerprint density at radius 1 is 1.09 bits per heavy atom. The second-order valence-corrected chi connectivity index (χ2v) is 9.47. The molecule has 1 aromatic heterocycles. The van der Waals surface area contributed by atoms with Gasteiger partial charge in [0.2, 0.25) is 0 Å². The molecule has 2 aliphatic rings. The van der Waals surface area contributed by atoms with E-state index in [1.807, 2.05) is 31.2 Å². The van der Waals surface area contributed by atoms with Crippen molar-refractivity contribution >= 4 is 49.9 Å². The summed E-state index contributed by atoms with van der Waals surface area (Å²) in [5.41, 5.74) is 2.84. The predicted molar refractivity (Wildman–Crippen MR) is 131 cm³/mol. The molecule has 2 amide bonds. The number of ether oxygens (including phenoxy) is 1. The van der Waals surface area contributed by atoms with Crippen LogP contribution in [0.15, 0.2) is 54.6 Å². The zero-order chi connectivity index (χ0) is 22.5. The Balaban J connectivity index is 1.42. The molecule has 2 N–H and O–H groups in total. The summed E-state index contributed by atoms with van der Waals surface area (Å²) in [5.74, 6) is -0.0622. The number of carbonyl (C=O) groups excluding carboxylic acids is 2. The smallest absolute Gasteiger partial charge is 0.410 e. The maximum absolute atomic E-state index is 13.3. The minimum Gasteiger partial charge on any atom is -0.450 e. The Bertz CT molecular complexity index is 1370. The van der Waals surface area contributed by atoms with Gasteiger partial charge in [-0.05, 0) is 46.5 Å². The van der Waals surface area contributed by atoms with Gasteiger partial charge >= 0.3 is 6.09 Å². The van der Waals surface area contributed by atoms with Crippen molar-refractivity contribution in [3.05, 3.63) is 76.2 Å². The number of nitrogens with one attached hydrogen (secondary N) is 2. The van der Waals surface area contributed by atoms with E-state index in [0.29, 0.717) is 26.1 Å². The van der Waals surface area contributed by atoms with Crippen molar-refractivity contribution in [2.45, 2.75) is 26.1 Å². The van der Waals surface area contributed by atoms with Crippen LogP contribution in [-0.2, 0) is 17.7 Å². The minimum absolute atomic E-state index is 0.0622. The molecule has 7 heteroatoms. The van der Waals surface area contributed by atoms with Gasteiger partial charge in [-0.1, -0.05) is 48.5 Å². The summed E-state index contributed by atoms with van der Waals surface area (Å²) in [5, 5.41) is 12.2. The molecule has 3 heterocycles. The Labute approximate surface area is 195 Å². The van der Waals surface area contributed by atoms with Crippen molar-refractivity contribution in [1.82, 2.24) is 10.2 Å². The van der Waals surface area contributed by atoms with Crippen molar-refractivity contribution in [1.29, 1.82) is 0 Å². The van der Waals surface area contributed by atoms with Crippen LogP contribution in [-0.4, -0.2) is 30.1 Å². The molecule has 0 saturated heterocycles. The normalized spacial score (nSPS) is 17.3. The van der Waals surface area contributed by atoms with Crippen molar-refractivity contribution in [2.75, 3.05) is 18.5 Å². The summed E-state index contributed by atoms with van der Waals surface area (Å²) in [6, 6.07) is 18.8. The van der Waals surface area contributed by atoms with Crippen molar-refractivity contribution in [2.24, 2.45) is 0 Å². The first kappa shape index (κ1) is 20.1. The summed E-state index contributed by atoms with van der Waals surface area (Å²) in [6.07, 6.45) is 0.00558. The van der Waals surface area contributed by atoms with Gasteiger partial charge in [-0.25, -0.2) is 4.79 Å². The standard InChI is InChI=1S/C26H23N3O3S/c1-2-32-26(31)29-12-11-19-20(14-29)33-25-22(19)24(30)27-23(28-25)21-17-9-5-3-7-15(17)13-16-8-4-6-10-18(16)21/h3-10,13,23,28H,2,11-12,14H2,1H3,(H,27,30)/t23-/m0/s1. The van der Waals surface area contributed by atoms with Crippen LogP contribution in [0.3, 0.4) is 0 Å². The maximum atomic E-state index is 13.3. The number of amides is 2. The molecular weight excluding hydrogens is 434 g/mol. The SMILES string of the molecule is CCOC(=O)N1CCc2c(sc3c2C(=O)N[C@H](c2c4ccccc4cc4ccccc24)N3)C1. The highest BCUT2D eigenvalue weighted by molar-refractivity contribution is 7.16. The summed E-state index contributed by atoms with van der Waals surface area (Å²) >= 11 is 1.57. The van der Waals surface area contributed by atoms with Crippen molar-refractivity contribution in [3.63, 3.8) is 0 Å². The van der Waals surface area contributed by atoms with Crippen LogP contribution in [0.1, 0.15) is 39.5 Å². The molecule has 6 rings (SSSR count). The van der Waals surface area contributed by atoms with E-state index in [-0.39, 0.29) is 18.2 Å². The third-order valence-electron chi connectivity index (χ3n) is 6.46. The summed E-state index contributed by atoms with van der Waals surface area (Å²) in [4.78, 5) is 28.3. The number of thiophene rings is 1. The van der Waals surface area contributed by atoms with Crippen LogP contribution in [0.4, 0.5) is 9.80 Å². The second-order valence-electron chi connectivity index (χ2n) is 8.36. The molecule has 2 aliphatic heterocycles. The number of hydrogen-bond acceptors (Lipinski definition) is 5. The van der Waals surface area contributed by atoms with E-state index < -0.39 is 0 Å². The average Bonchev–Trinajstić information content (AvgIpc) is 3.20. The van der Waals surface area contributed by atoms with Gasteiger partial charge in [-0.15, -0.1) is 11.3 Å². The lowest BCUT2D eigenvalue weighted by atomic mass is 9.93. The Morgan fingerprint density at radius 2 is 1.79 bits per heavy atom. The van der Waals surface area contributed by atoms with E-state index >= 15 is 0 Å². The number of benzene rings is 3.